The SMILES string of the molecule is COc1cccc(CN(C)c2ccc(F)cc2C=O)c1. The molecule has 2 rings (SSSR count). The van der Waals surface area contributed by atoms with Crippen LogP contribution >= 0.6 is 0 Å². The molecule has 0 N–H and O–H groups in total. The van der Waals surface area contributed by atoms with Crippen molar-refractivity contribution in [3.8, 4) is 5.75 Å². The number of anilines is 1. The second kappa shape index (κ2) is 6.19. The molecule has 0 aliphatic heterocycles. The lowest BCUT2D eigenvalue weighted by Crippen LogP contribution is -2.18. The average Bonchev–Trinajstić information content (AvgIpc) is 2.47. The third kappa shape index (κ3) is 3.15. The number of ether oxygens (including phenoxy) is 1. The molecule has 0 aliphatic rings. The quantitative estimate of drug-likeness (QED) is 0.783. The van der Waals surface area contributed by atoms with Gasteiger partial charge >= 0.3 is 0 Å². The van der Waals surface area contributed by atoms with Gasteiger partial charge in [0.1, 0.15) is 11.6 Å². The molecule has 0 fully saturated rings. The molecule has 0 spiro atoms. The minimum absolute atomic E-state index is 0.343. The smallest absolute Gasteiger partial charge is 0.152 e. The first-order valence-electron chi connectivity index (χ1n) is 6.23. The molecule has 0 radical (unpaired) electrons. The Morgan fingerprint density at radius 2 is 2.05 bits per heavy atom. The second-order valence-electron chi connectivity index (χ2n) is 4.53. The Balaban J connectivity index is 2.23. The predicted molar refractivity (Wildman–Crippen MR) is 76.9 cm³/mol. The molecule has 0 bridgehead atoms. The third-order valence-electron chi connectivity index (χ3n) is 3.08. The molecule has 0 heterocycles. The maximum atomic E-state index is 13.1. The number of hydrogen-bond donors (Lipinski definition) is 0. The molecule has 0 saturated carbocycles. The van der Waals surface area contributed by atoms with E-state index in [0.29, 0.717) is 24.1 Å². The van der Waals surface area contributed by atoms with Crippen LogP contribution in [0.2, 0.25) is 0 Å². The standard InChI is InChI=1S/C16H16FNO2/c1-18(10-12-4-3-5-15(8-12)20-2)16-7-6-14(17)9-13(16)11-19/h3-9,11H,10H2,1-2H3. The van der Waals surface area contributed by atoms with Crippen molar-refractivity contribution in [1.29, 1.82) is 0 Å². The molecule has 4 heteroatoms. The van der Waals surface area contributed by atoms with E-state index in [4.69, 9.17) is 4.74 Å². The van der Waals surface area contributed by atoms with Crippen LogP contribution in [0.25, 0.3) is 0 Å². The Hall–Kier alpha value is -2.36. The lowest BCUT2D eigenvalue weighted by molar-refractivity contribution is 0.112. The van der Waals surface area contributed by atoms with Gasteiger partial charge in [-0.05, 0) is 35.9 Å². The zero-order valence-electron chi connectivity index (χ0n) is 11.5. The molecule has 0 unspecified atom stereocenters. The largest absolute Gasteiger partial charge is 0.497 e. The molecule has 104 valence electrons. The number of benzene rings is 2. The van der Waals surface area contributed by atoms with Crippen LogP contribution in [0.1, 0.15) is 15.9 Å². The average molecular weight is 273 g/mol. The molecule has 0 amide bonds. The number of halogens is 1. The number of aldehydes is 1. The normalized spacial score (nSPS) is 10.2. The number of carbonyl (C=O) groups excluding carboxylic acids is 1. The lowest BCUT2D eigenvalue weighted by atomic mass is 10.1. The van der Waals surface area contributed by atoms with Gasteiger partial charge in [0.25, 0.3) is 0 Å². The summed E-state index contributed by atoms with van der Waals surface area (Å²) < 4.78 is 18.3. The summed E-state index contributed by atoms with van der Waals surface area (Å²) in [6, 6.07) is 11.9. The van der Waals surface area contributed by atoms with Gasteiger partial charge in [0.05, 0.1) is 7.11 Å². The fourth-order valence-electron chi connectivity index (χ4n) is 2.10. The molecular formula is C16H16FNO2. The van der Waals surface area contributed by atoms with Gasteiger partial charge in [0.15, 0.2) is 6.29 Å². The zero-order chi connectivity index (χ0) is 14.5. The molecule has 0 atom stereocenters. The fraction of sp³-hybridized carbons (Fsp3) is 0.188. The summed E-state index contributed by atoms with van der Waals surface area (Å²) in [5.74, 6) is 0.372. The van der Waals surface area contributed by atoms with Gasteiger partial charge in [-0.1, -0.05) is 12.1 Å². The van der Waals surface area contributed by atoms with Crippen LogP contribution in [0.3, 0.4) is 0 Å². The Morgan fingerprint density at radius 1 is 1.25 bits per heavy atom. The van der Waals surface area contributed by atoms with Crippen molar-refractivity contribution < 1.29 is 13.9 Å². The van der Waals surface area contributed by atoms with Crippen LogP contribution in [0, 0.1) is 5.82 Å². The minimum Gasteiger partial charge on any atom is -0.497 e. The predicted octanol–water partition coefficient (Wildman–Crippen LogP) is 3.28. The summed E-state index contributed by atoms with van der Waals surface area (Å²) in [4.78, 5) is 12.9. The van der Waals surface area contributed by atoms with Crippen molar-refractivity contribution in [2.24, 2.45) is 0 Å². The van der Waals surface area contributed by atoms with Crippen molar-refractivity contribution in [2.45, 2.75) is 6.54 Å². The van der Waals surface area contributed by atoms with E-state index < -0.39 is 5.82 Å². The van der Waals surface area contributed by atoms with E-state index in [9.17, 15) is 9.18 Å². The molecular weight excluding hydrogens is 257 g/mol. The van der Waals surface area contributed by atoms with Crippen LogP contribution in [-0.4, -0.2) is 20.4 Å². The minimum atomic E-state index is -0.411. The number of nitrogens with zero attached hydrogens (tertiary/aromatic N) is 1. The maximum Gasteiger partial charge on any atom is 0.152 e. The monoisotopic (exact) mass is 273 g/mol. The van der Waals surface area contributed by atoms with Crippen molar-refractivity contribution in [1.82, 2.24) is 0 Å². The van der Waals surface area contributed by atoms with Crippen LogP contribution in [0.15, 0.2) is 42.5 Å². The van der Waals surface area contributed by atoms with Crippen LogP contribution in [0.5, 0.6) is 5.75 Å². The Labute approximate surface area is 117 Å². The fourth-order valence-corrected chi connectivity index (χ4v) is 2.10. The third-order valence-corrected chi connectivity index (χ3v) is 3.08. The van der Waals surface area contributed by atoms with Crippen LogP contribution in [0.4, 0.5) is 10.1 Å². The first-order valence-corrected chi connectivity index (χ1v) is 6.23. The topological polar surface area (TPSA) is 29.5 Å². The van der Waals surface area contributed by atoms with Gasteiger partial charge in [0, 0.05) is 24.8 Å². The van der Waals surface area contributed by atoms with Crippen molar-refractivity contribution >= 4 is 12.0 Å². The summed E-state index contributed by atoms with van der Waals surface area (Å²) in [5.41, 5.74) is 2.09. The molecule has 2 aromatic carbocycles. The van der Waals surface area contributed by atoms with Gasteiger partial charge in [0.2, 0.25) is 0 Å². The zero-order valence-corrected chi connectivity index (χ0v) is 11.5. The Bertz CT molecular complexity index is 613. The highest BCUT2D eigenvalue weighted by Gasteiger charge is 2.09. The van der Waals surface area contributed by atoms with Gasteiger partial charge in [-0.25, -0.2) is 4.39 Å². The Kier molecular flexibility index (Phi) is 4.35. The van der Waals surface area contributed by atoms with Crippen LogP contribution in [-0.2, 0) is 6.54 Å². The molecule has 2 aromatic rings. The van der Waals surface area contributed by atoms with E-state index in [-0.39, 0.29) is 0 Å². The molecule has 0 aliphatic carbocycles. The van der Waals surface area contributed by atoms with E-state index in [1.807, 2.05) is 36.2 Å². The number of rotatable bonds is 5. The second-order valence-corrected chi connectivity index (χ2v) is 4.53. The first kappa shape index (κ1) is 14.1. The first-order chi connectivity index (χ1) is 9.63. The molecule has 3 nitrogen and oxygen atoms in total. The summed E-state index contributed by atoms with van der Waals surface area (Å²) in [6.45, 7) is 0.601. The number of hydrogen-bond acceptors (Lipinski definition) is 3. The van der Waals surface area contributed by atoms with E-state index in [1.54, 1.807) is 13.2 Å². The van der Waals surface area contributed by atoms with Gasteiger partial charge in [-0.15, -0.1) is 0 Å². The highest BCUT2D eigenvalue weighted by atomic mass is 19.1. The van der Waals surface area contributed by atoms with Crippen molar-refractivity contribution in [2.75, 3.05) is 19.1 Å². The Morgan fingerprint density at radius 3 is 2.75 bits per heavy atom. The summed E-state index contributed by atoms with van der Waals surface area (Å²) in [7, 11) is 3.48. The highest BCUT2D eigenvalue weighted by Crippen LogP contribution is 2.22. The summed E-state index contributed by atoms with van der Waals surface area (Å²) in [5, 5.41) is 0. The van der Waals surface area contributed by atoms with E-state index in [0.717, 1.165) is 11.3 Å². The van der Waals surface area contributed by atoms with Crippen LogP contribution < -0.4 is 9.64 Å². The van der Waals surface area contributed by atoms with Gasteiger partial charge in [-0.2, -0.15) is 0 Å². The van der Waals surface area contributed by atoms with Gasteiger partial charge < -0.3 is 9.64 Å². The maximum absolute atomic E-state index is 13.1. The van der Waals surface area contributed by atoms with Crippen molar-refractivity contribution in [3.63, 3.8) is 0 Å². The molecule has 20 heavy (non-hydrogen) atoms. The molecule has 0 aromatic heterocycles. The number of carbonyl (C=O) groups is 1. The van der Waals surface area contributed by atoms with E-state index >= 15 is 0 Å². The summed E-state index contributed by atoms with van der Waals surface area (Å²) >= 11 is 0. The lowest BCUT2D eigenvalue weighted by Gasteiger charge is -2.21. The van der Waals surface area contributed by atoms with Crippen molar-refractivity contribution in [3.05, 3.63) is 59.4 Å². The highest BCUT2D eigenvalue weighted by molar-refractivity contribution is 5.84. The number of methoxy groups -OCH3 is 1. The van der Waals surface area contributed by atoms with E-state index in [1.165, 1.54) is 12.1 Å². The van der Waals surface area contributed by atoms with Gasteiger partial charge in [-0.3, -0.25) is 4.79 Å². The molecule has 0 saturated heterocycles. The summed E-state index contributed by atoms with van der Waals surface area (Å²) in [6.07, 6.45) is 0.667. The van der Waals surface area contributed by atoms with E-state index in [2.05, 4.69) is 0 Å².